The number of hydrogen-bond acceptors (Lipinski definition) is 5. The van der Waals surface area contributed by atoms with Crippen LogP contribution in [0, 0.1) is 0 Å². The number of aliphatic imine (C=N–C) groups is 1. The molecule has 0 bridgehead atoms. The zero-order valence-corrected chi connectivity index (χ0v) is 21.4. The second-order valence-electron chi connectivity index (χ2n) is 7.85. The molecule has 1 aliphatic rings. The van der Waals surface area contributed by atoms with Crippen LogP contribution in [-0.2, 0) is 7.05 Å². The zero-order valence-electron chi connectivity index (χ0n) is 19.1. The molecular formula is C22H36IN7O. The van der Waals surface area contributed by atoms with Crippen LogP contribution in [0.25, 0.3) is 0 Å². The van der Waals surface area contributed by atoms with Crippen molar-refractivity contribution >= 4 is 29.9 Å². The number of para-hydroxylation sites is 1. The average Bonchev–Trinajstić information content (AvgIpc) is 3.18. The number of nitrogens with one attached hydrogen (secondary N) is 1. The van der Waals surface area contributed by atoms with Gasteiger partial charge in [0, 0.05) is 65.1 Å². The van der Waals surface area contributed by atoms with Gasteiger partial charge in [-0.15, -0.1) is 24.0 Å². The lowest BCUT2D eigenvalue weighted by Gasteiger charge is -2.37. The monoisotopic (exact) mass is 541 g/mol. The van der Waals surface area contributed by atoms with E-state index in [0.717, 1.165) is 51.0 Å². The van der Waals surface area contributed by atoms with Gasteiger partial charge in [0.05, 0.1) is 12.2 Å². The van der Waals surface area contributed by atoms with E-state index in [0.29, 0.717) is 6.61 Å². The molecule has 8 nitrogen and oxygen atoms in total. The van der Waals surface area contributed by atoms with Crippen molar-refractivity contribution in [2.24, 2.45) is 12.0 Å². The Morgan fingerprint density at radius 3 is 2.48 bits per heavy atom. The molecule has 1 atom stereocenters. The third-order valence-electron chi connectivity index (χ3n) is 5.49. The molecule has 1 N–H and O–H groups in total. The van der Waals surface area contributed by atoms with Gasteiger partial charge in [0.2, 0.25) is 0 Å². The maximum absolute atomic E-state index is 5.83. The molecule has 0 spiro atoms. The highest BCUT2D eigenvalue weighted by Crippen LogP contribution is 2.16. The SMILES string of the molecule is CN=C(NCC(c1cnn(C)c1)N(C)C)N1CCN(CCOc2ccccc2)CC1.I. The largest absolute Gasteiger partial charge is 0.492 e. The summed E-state index contributed by atoms with van der Waals surface area (Å²) in [5, 5.41) is 7.88. The number of nitrogens with zero attached hydrogens (tertiary/aromatic N) is 6. The van der Waals surface area contributed by atoms with E-state index < -0.39 is 0 Å². The second-order valence-corrected chi connectivity index (χ2v) is 7.85. The van der Waals surface area contributed by atoms with Gasteiger partial charge in [-0.2, -0.15) is 5.10 Å². The van der Waals surface area contributed by atoms with Gasteiger partial charge < -0.3 is 19.9 Å². The first-order chi connectivity index (χ1) is 14.6. The van der Waals surface area contributed by atoms with E-state index in [2.05, 4.69) is 50.4 Å². The van der Waals surface area contributed by atoms with Gasteiger partial charge in [-0.05, 0) is 26.2 Å². The van der Waals surface area contributed by atoms with Crippen molar-refractivity contribution in [3.05, 3.63) is 48.3 Å². The van der Waals surface area contributed by atoms with Crippen LogP contribution in [0.15, 0.2) is 47.7 Å². The fourth-order valence-electron chi connectivity index (χ4n) is 3.72. The summed E-state index contributed by atoms with van der Waals surface area (Å²) in [6.45, 7) is 6.40. The number of benzene rings is 1. The van der Waals surface area contributed by atoms with Gasteiger partial charge >= 0.3 is 0 Å². The Hall–Kier alpha value is -1.85. The fraction of sp³-hybridized carbons (Fsp3) is 0.545. The summed E-state index contributed by atoms with van der Waals surface area (Å²) in [6, 6.07) is 10.3. The highest BCUT2D eigenvalue weighted by atomic mass is 127. The van der Waals surface area contributed by atoms with Crippen LogP contribution >= 0.6 is 24.0 Å². The summed E-state index contributed by atoms with van der Waals surface area (Å²) in [5.41, 5.74) is 1.20. The number of likely N-dealkylation sites (N-methyl/N-ethyl adjacent to an activating group) is 1. The number of aromatic nitrogens is 2. The first kappa shape index (κ1) is 25.4. The van der Waals surface area contributed by atoms with Crippen molar-refractivity contribution in [2.75, 3.05) is 67.0 Å². The highest BCUT2D eigenvalue weighted by molar-refractivity contribution is 14.0. The van der Waals surface area contributed by atoms with Crippen molar-refractivity contribution < 1.29 is 4.74 Å². The number of halogens is 1. The third-order valence-corrected chi connectivity index (χ3v) is 5.49. The smallest absolute Gasteiger partial charge is 0.193 e. The van der Waals surface area contributed by atoms with Gasteiger partial charge in [0.25, 0.3) is 0 Å². The molecule has 31 heavy (non-hydrogen) atoms. The minimum atomic E-state index is 0. The molecule has 3 rings (SSSR count). The topological polar surface area (TPSA) is 61.2 Å². The van der Waals surface area contributed by atoms with Crippen molar-refractivity contribution in [1.82, 2.24) is 29.8 Å². The molecule has 1 aliphatic heterocycles. The number of aryl methyl sites for hydroxylation is 1. The van der Waals surface area contributed by atoms with Crippen LogP contribution in [-0.4, -0.2) is 97.5 Å². The molecule has 0 saturated carbocycles. The van der Waals surface area contributed by atoms with Crippen molar-refractivity contribution in [3.63, 3.8) is 0 Å². The van der Waals surface area contributed by atoms with E-state index in [1.807, 2.05) is 55.3 Å². The average molecular weight is 541 g/mol. The van der Waals surface area contributed by atoms with E-state index >= 15 is 0 Å². The summed E-state index contributed by atoms with van der Waals surface area (Å²) in [5.74, 6) is 1.90. The maximum atomic E-state index is 5.83. The van der Waals surface area contributed by atoms with Gasteiger partial charge in [-0.1, -0.05) is 18.2 Å². The Morgan fingerprint density at radius 2 is 1.90 bits per heavy atom. The predicted molar refractivity (Wildman–Crippen MR) is 136 cm³/mol. The van der Waals surface area contributed by atoms with Crippen LogP contribution < -0.4 is 10.1 Å². The quantitative estimate of drug-likeness (QED) is 0.313. The highest BCUT2D eigenvalue weighted by Gasteiger charge is 2.21. The van der Waals surface area contributed by atoms with E-state index in [4.69, 9.17) is 4.74 Å². The summed E-state index contributed by atoms with van der Waals surface area (Å²) < 4.78 is 7.68. The van der Waals surface area contributed by atoms with E-state index in [1.165, 1.54) is 5.56 Å². The lowest BCUT2D eigenvalue weighted by atomic mass is 10.1. The Labute approximate surface area is 203 Å². The first-order valence-electron chi connectivity index (χ1n) is 10.6. The zero-order chi connectivity index (χ0) is 21.3. The molecule has 2 aromatic rings. The van der Waals surface area contributed by atoms with Crippen molar-refractivity contribution in [1.29, 1.82) is 0 Å². The number of hydrogen-bond donors (Lipinski definition) is 1. The minimum absolute atomic E-state index is 0. The maximum Gasteiger partial charge on any atom is 0.193 e. The molecule has 1 fully saturated rings. The molecule has 0 aliphatic carbocycles. The molecule has 172 valence electrons. The van der Waals surface area contributed by atoms with Crippen LogP contribution in [0.3, 0.4) is 0 Å². The first-order valence-corrected chi connectivity index (χ1v) is 10.6. The summed E-state index contributed by atoms with van der Waals surface area (Å²) in [4.78, 5) is 11.5. The number of rotatable bonds is 8. The molecule has 1 aromatic heterocycles. The van der Waals surface area contributed by atoms with Crippen LogP contribution in [0.2, 0.25) is 0 Å². The molecule has 1 saturated heterocycles. The minimum Gasteiger partial charge on any atom is -0.492 e. The Balaban J connectivity index is 0.00000341. The Kier molecular flexibility index (Phi) is 10.6. The van der Waals surface area contributed by atoms with Crippen molar-refractivity contribution in [2.45, 2.75) is 6.04 Å². The number of piperazine rings is 1. The number of guanidine groups is 1. The standard InChI is InChI=1S/C22H35N7O.HI/c1-23-22(24-17-21(26(2)3)19-16-25-27(4)18-19)29-12-10-28(11-13-29)14-15-30-20-8-6-5-7-9-20;/h5-9,16,18,21H,10-15,17H2,1-4H3,(H,23,24);1H. The molecular weight excluding hydrogens is 505 g/mol. The second kappa shape index (κ2) is 12.9. The van der Waals surface area contributed by atoms with E-state index in [1.54, 1.807) is 0 Å². The normalized spacial score (nSPS) is 16.2. The molecule has 1 unspecified atom stereocenters. The van der Waals surface area contributed by atoms with Crippen LogP contribution in [0.1, 0.15) is 11.6 Å². The molecule has 0 amide bonds. The van der Waals surface area contributed by atoms with Crippen LogP contribution in [0.4, 0.5) is 0 Å². The van der Waals surface area contributed by atoms with Crippen LogP contribution in [0.5, 0.6) is 5.75 Å². The van der Waals surface area contributed by atoms with Crippen molar-refractivity contribution in [3.8, 4) is 5.75 Å². The summed E-state index contributed by atoms with van der Waals surface area (Å²) in [6.07, 6.45) is 4.01. The van der Waals surface area contributed by atoms with Gasteiger partial charge in [0.15, 0.2) is 5.96 Å². The summed E-state index contributed by atoms with van der Waals surface area (Å²) in [7, 11) is 8.00. The van der Waals surface area contributed by atoms with Gasteiger partial charge in [0.1, 0.15) is 12.4 Å². The molecule has 0 radical (unpaired) electrons. The lowest BCUT2D eigenvalue weighted by Crippen LogP contribution is -2.53. The predicted octanol–water partition coefficient (Wildman–Crippen LogP) is 1.91. The Morgan fingerprint density at radius 1 is 1.19 bits per heavy atom. The summed E-state index contributed by atoms with van der Waals surface area (Å²) >= 11 is 0. The molecule has 2 heterocycles. The molecule has 9 heteroatoms. The Bertz CT molecular complexity index is 788. The third kappa shape index (κ3) is 7.65. The lowest BCUT2D eigenvalue weighted by molar-refractivity contribution is 0.151. The van der Waals surface area contributed by atoms with Gasteiger partial charge in [-0.25, -0.2) is 0 Å². The van der Waals surface area contributed by atoms with Gasteiger partial charge in [-0.3, -0.25) is 14.6 Å². The number of ether oxygens (including phenoxy) is 1. The van der Waals surface area contributed by atoms with E-state index in [9.17, 15) is 0 Å². The molecule has 1 aromatic carbocycles. The van der Waals surface area contributed by atoms with E-state index in [-0.39, 0.29) is 30.0 Å². The fourth-order valence-corrected chi connectivity index (χ4v) is 3.72.